The molecule has 2 rings (SSSR count). The Morgan fingerprint density at radius 1 is 1.08 bits per heavy atom. The van der Waals surface area contributed by atoms with Gasteiger partial charge in [0.1, 0.15) is 11.0 Å². The minimum absolute atomic E-state index is 0.0383. The largest absolute Gasteiger partial charge is 0.204 e. The Kier molecular flexibility index (Phi) is 1.50. The third-order valence-electron chi connectivity index (χ3n) is 1.39. The molecule has 0 bridgehead atoms. The predicted molar refractivity (Wildman–Crippen MR) is 37.3 cm³/mol. The van der Waals surface area contributed by atoms with Gasteiger partial charge in [0.15, 0.2) is 17.5 Å². The fraction of sp³-hybridized carbons (Fsp3) is 0. The quantitative estimate of drug-likeness (QED) is 0.594. The fourth-order valence-electron chi connectivity index (χ4n) is 0.835. The van der Waals surface area contributed by atoms with Gasteiger partial charge in [-0.15, -0.1) is 0 Å². The molecule has 0 saturated heterocycles. The molecule has 0 saturated carbocycles. The van der Waals surface area contributed by atoms with E-state index in [4.69, 9.17) is 0 Å². The molecule has 0 aliphatic carbocycles. The maximum Gasteiger partial charge on any atom is 0.196 e. The first-order chi connectivity index (χ1) is 5.70. The van der Waals surface area contributed by atoms with Crippen LogP contribution >= 0.6 is 11.7 Å². The van der Waals surface area contributed by atoms with Crippen molar-refractivity contribution >= 4 is 22.8 Å². The van der Waals surface area contributed by atoms with E-state index in [1.165, 1.54) is 0 Å². The highest BCUT2D eigenvalue weighted by Gasteiger charge is 2.15. The Morgan fingerprint density at radius 3 is 2.58 bits per heavy atom. The van der Waals surface area contributed by atoms with Crippen molar-refractivity contribution in [1.82, 2.24) is 8.75 Å². The molecule has 0 spiro atoms. The van der Waals surface area contributed by atoms with Gasteiger partial charge in [0.25, 0.3) is 0 Å². The van der Waals surface area contributed by atoms with Crippen LogP contribution in [0.3, 0.4) is 0 Å². The summed E-state index contributed by atoms with van der Waals surface area (Å²) >= 11 is 0.711. The number of fused-ring (bicyclic) bond motifs is 1. The molecule has 0 aliphatic rings. The van der Waals surface area contributed by atoms with E-state index >= 15 is 0 Å². The summed E-state index contributed by atoms with van der Waals surface area (Å²) in [7, 11) is 0. The van der Waals surface area contributed by atoms with Gasteiger partial charge >= 0.3 is 0 Å². The number of aromatic nitrogens is 2. The van der Waals surface area contributed by atoms with Gasteiger partial charge < -0.3 is 0 Å². The van der Waals surface area contributed by atoms with Crippen LogP contribution in [0.4, 0.5) is 13.2 Å². The van der Waals surface area contributed by atoms with E-state index < -0.39 is 17.5 Å². The number of hydrogen-bond donors (Lipinski definition) is 0. The average molecular weight is 190 g/mol. The summed E-state index contributed by atoms with van der Waals surface area (Å²) in [6.45, 7) is 0. The lowest BCUT2D eigenvalue weighted by molar-refractivity contribution is 0.453. The molecule has 0 fully saturated rings. The lowest BCUT2D eigenvalue weighted by Crippen LogP contribution is -1.91. The molecule has 1 aromatic heterocycles. The Labute approximate surface area is 69.0 Å². The number of halogens is 3. The van der Waals surface area contributed by atoms with Crippen molar-refractivity contribution in [2.45, 2.75) is 0 Å². The van der Waals surface area contributed by atoms with Crippen LogP contribution < -0.4 is 0 Å². The monoisotopic (exact) mass is 190 g/mol. The van der Waals surface area contributed by atoms with Gasteiger partial charge in [-0.1, -0.05) is 0 Å². The Balaban J connectivity index is 2.94. The van der Waals surface area contributed by atoms with E-state index in [-0.39, 0.29) is 11.0 Å². The molecule has 0 N–H and O–H groups in total. The van der Waals surface area contributed by atoms with Crippen molar-refractivity contribution < 1.29 is 13.2 Å². The van der Waals surface area contributed by atoms with Crippen molar-refractivity contribution in [1.29, 1.82) is 0 Å². The zero-order chi connectivity index (χ0) is 8.72. The minimum Gasteiger partial charge on any atom is -0.204 e. The summed E-state index contributed by atoms with van der Waals surface area (Å²) in [5.41, 5.74) is -0.185. The molecule has 0 atom stereocenters. The van der Waals surface area contributed by atoms with Crippen LogP contribution in [0.5, 0.6) is 0 Å². The molecular formula is C6HF3N2S. The van der Waals surface area contributed by atoms with E-state index in [1.54, 1.807) is 0 Å². The molecule has 62 valence electrons. The SMILES string of the molecule is Fc1cc2nsnc2c(F)c1F. The van der Waals surface area contributed by atoms with Gasteiger partial charge in [-0.05, 0) is 0 Å². The highest BCUT2D eigenvalue weighted by molar-refractivity contribution is 7.00. The van der Waals surface area contributed by atoms with Crippen molar-refractivity contribution in [2.75, 3.05) is 0 Å². The first-order valence-corrected chi connectivity index (χ1v) is 3.69. The van der Waals surface area contributed by atoms with Crippen molar-refractivity contribution in [3.05, 3.63) is 23.5 Å². The van der Waals surface area contributed by atoms with Crippen LogP contribution in [0.25, 0.3) is 11.0 Å². The molecule has 6 heteroatoms. The standard InChI is InChI=1S/C6HF3N2S/c7-2-1-3-6(11-12-10-3)5(9)4(2)8/h1H. The van der Waals surface area contributed by atoms with Gasteiger partial charge in [-0.2, -0.15) is 8.75 Å². The highest BCUT2D eigenvalue weighted by atomic mass is 32.1. The summed E-state index contributed by atoms with van der Waals surface area (Å²) in [6, 6.07) is 0.817. The second-order valence-corrected chi connectivity index (χ2v) is 2.65. The summed E-state index contributed by atoms with van der Waals surface area (Å²) in [6.07, 6.45) is 0. The zero-order valence-corrected chi connectivity index (χ0v) is 6.33. The van der Waals surface area contributed by atoms with Gasteiger partial charge in [-0.3, -0.25) is 0 Å². The van der Waals surface area contributed by atoms with E-state index in [1.807, 2.05) is 0 Å². The first-order valence-electron chi connectivity index (χ1n) is 2.96. The van der Waals surface area contributed by atoms with Crippen LogP contribution in [0.1, 0.15) is 0 Å². The molecule has 0 unspecified atom stereocenters. The summed E-state index contributed by atoms with van der Waals surface area (Å²) in [5, 5.41) is 0. The molecule has 1 aromatic carbocycles. The highest BCUT2D eigenvalue weighted by Crippen LogP contribution is 2.20. The molecule has 0 amide bonds. The van der Waals surface area contributed by atoms with E-state index in [0.717, 1.165) is 6.07 Å². The molecule has 2 aromatic rings. The summed E-state index contributed by atoms with van der Waals surface area (Å²) in [4.78, 5) is 0. The van der Waals surface area contributed by atoms with Crippen molar-refractivity contribution in [2.24, 2.45) is 0 Å². The third kappa shape index (κ3) is 0.878. The minimum atomic E-state index is -1.50. The second-order valence-electron chi connectivity index (χ2n) is 2.12. The smallest absolute Gasteiger partial charge is 0.196 e. The molecule has 0 radical (unpaired) electrons. The predicted octanol–water partition coefficient (Wildman–Crippen LogP) is 2.11. The number of nitrogens with zero attached hydrogens (tertiary/aromatic N) is 2. The zero-order valence-electron chi connectivity index (χ0n) is 5.51. The average Bonchev–Trinajstić information content (AvgIpc) is 2.48. The first kappa shape index (κ1) is 7.48. The Bertz CT molecular complexity index is 440. The van der Waals surface area contributed by atoms with Crippen LogP contribution in [0, 0.1) is 17.5 Å². The van der Waals surface area contributed by atoms with Gasteiger partial charge in [0.2, 0.25) is 0 Å². The van der Waals surface area contributed by atoms with E-state index in [9.17, 15) is 13.2 Å². The Hall–Kier alpha value is -1.17. The van der Waals surface area contributed by atoms with Crippen molar-refractivity contribution in [3.63, 3.8) is 0 Å². The van der Waals surface area contributed by atoms with Crippen LogP contribution in [0.15, 0.2) is 6.07 Å². The van der Waals surface area contributed by atoms with Gasteiger partial charge in [0.05, 0.1) is 11.7 Å². The van der Waals surface area contributed by atoms with Gasteiger partial charge in [-0.25, -0.2) is 13.2 Å². The van der Waals surface area contributed by atoms with Crippen LogP contribution in [-0.2, 0) is 0 Å². The molecule has 0 aliphatic heterocycles. The molecular weight excluding hydrogens is 189 g/mol. The van der Waals surface area contributed by atoms with Crippen LogP contribution in [-0.4, -0.2) is 8.75 Å². The maximum atomic E-state index is 12.8. The molecule has 12 heavy (non-hydrogen) atoms. The number of hydrogen-bond acceptors (Lipinski definition) is 3. The normalized spacial score (nSPS) is 10.9. The fourth-order valence-corrected chi connectivity index (χ4v) is 1.36. The lowest BCUT2D eigenvalue weighted by atomic mass is 10.3. The Morgan fingerprint density at radius 2 is 1.83 bits per heavy atom. The van der Waals surface area contributed by atoms with Gasteiger partial charge in [0, 0.05) is 6.07 Å². The lowest BCUT2D eigenvalue weighted by Gasteiger charge is -1.93. The second kappa shape index (κ2) is 2.41. The third-order valence-corrected chi connectivity index (χ3v) is 1.93. The molecule has 1 heterocycles. The maximum absolute atomic E-state index is 12.8. The topological polar surface area (TPSA) is 25.8 Å². The summed E-state index contributed by atoms with van der Waals surface area (Å²) in [5.74, 6) is -4.03. The van der Waals surface area contributed by atoms with Crippen LogP contribution in [0.2, 0.25) is 0 Å². The number of rotatable bonds is 0. The van der Waals surface area contributed by atoms with E-state index in [0.29, 0.717) is 11.7 Å². The van der Waals surface area contributed by atoms with Crippen molar-refractivity contribution in [3.8, 4) is 0 Å². The number of benzene rings is 1. The summed E-state index contributed by atoms with van der Waals surface area (Å²) < 4.78 is 44.8. The molecule has 2 nitrogen and oxygen atoms in total. The van der Waals surface area contributed by atoms with E-state index in [2.05, 4.69) is 8.75 Å².